The fourth-order valence-electron chi connectivity index (χ4n) is 10.4. The van der Waals surface area contributed by atoms with Crippen LogP contribution in [0.1, 0.15) is 323 Å². The Morgan fingerprint density at radius 2 is 0.519 bits per heavy atom. The minimum Gasteiger partial charge on any atom is -0.462 e. The highest BCUT2D eigenvalue weighted by molar-refractivity contribution is 7.47. The summed E-state index contributed by atoms with van der Waals surface area (Å²) in [5.41, 5.74) is 0. The molecule has 0 rings (SSSR count). The molecule has 0 aliphatic rings. The van der Waals surface area contributed by atoms with E-state index in [0.29, 0.717) is 25.7 Å². The van der Waals surface area contributed by atoms with Crippen molar-refractivity contribution < 1.29 is 80.2 Å². The number of phosphoric ester groups is 2. The Morgan fingerprint density at radius 1 is 0.279 bits per heavy atom. The van der Waals surface area contributed by atoms with Gasteiger partial charge in [0, 0.05) is 25.7 Å². The average Bonchev–Trinajstić information content (AvgIpc) is 0.906. The van der Waals surface area contributed by atoms with Crippen molar-refractivity contribution in [2.75, 3.05) is 39.6 Å². The first-order valence-electron chi connectivity index (χ1n) is 40.4. The molecule has 0 fully saturated rings. The highest BCUT2D eigenvalue weighted by Crippen LogP contribution is 2.45. The van der Waals surface area contributed by atoms with Crippen molar-refractivity contribution in [2.24, 2.45) is 0 Å². The van der Waals surface area contributed by atoms with Crippen molar-refractivity contribution in [2.45, 2.75) is 341 Å². The molecule has 104 heavy (non-hydrogen) atoms. The molecule has 0 aromatic heterocycles. The van der Waals surface area contributed by atoms with Gasteiger partial charge < -0.3 is 33.8 Å². The quantitative estimate of drug-likeness (QED) is 0.0169. The SMILES string of the molecule is CC/C=C\C/C=C\C/C=C\C/C=C\C/C=C\CCCCCC(=O)OCC(COP(=O)(O)OCC(O)COP(=O)(O)OCC(COC(=O)CCCCCCC/C=C\C/C=C\CCC)OC(=O)CCCCCCC/C=C\CCCCCC)OC(=O)CCCCCCCC/C=C\C/C=C\C/C=C\CCCCC. The van der Waals surface area contributed by atoms with Crippen LogP contribution in [0.2, 0.25) is 0 Å². The number of hydrogen-bond acceptors (Lipinski definition) is 15. The smallest absolute Gasteiger partial charge is 0.462 e. The minimum atomic E-state index is -4.99. The molecular formula is C85H144O17P2. The van der Waals surface area contributed by atoms with E-state index in [1.807, 2.05) is 0 Å². The Bertz CT molecular complexity index is 2490. The Hall–Kier alpha value is -4.80. The molecule has 0 spiro atoms. The summed E-state index contributed by atoms with van der Waals surface area (Å²) in [6, 6.07) is 0. The lowest BCUT2D eigenvalue weighted by Crippen LogP contribution is -2.30. The zero-order valence-corrected chi connectivity index (χ0v) is 66.9. The molecule has 3 N–H and O–H groups in total. The number of allylic oxidation sites excluding steroid dienone is 22. The Morgan fingerprint density at radius 3 is 0.846 bits per heavy atom. The first-order valence-corrected chi connectivity index (χ1v) is 43.4. The number of ether oxygens (including phenoxy) is 4. The van der Waals surface area contributed by atoms with E-state index in [4.69, 9.17) is 37.0 Å². The van der Waals surface area contributed by atoms with Crippen LogP contribution in [0.4, 0.5) is 0 Å². The first-order chi connectivity index (χ1) is 50.7. The molecule has 596 valence electrons. The van der Waals surface area contributed by atoms with E-state index in [0.717, 1.165) is 199 Å². The number of carbonyl (C=O) groups is 4. The van der Waals surface area contributed by atoms with Crippen molar-refractivity contribution >= 4 is 39.5 Å². The van der Waals surface area contributed by atoms with Gasteiger partial charge in [-0.25, -0.2) is 9.13 Å². The number of carbonyl (C=O) groups excluding carboxylic acids is 4. The topological polar surface area (TPSA) is 237 Å². The van der Waals surface area contributed by atoms with Crippen LogP contribution in [-0.4, -0.2) is 96.7 Å². The Labute approximate surface area is 631 Å². The summed E-state index contributed by atoms with van der Waals surface area (Å²) >= 11 is 0. The molecular weight excluding hydrogens is 1350 g/mol. The van der Waals surface area contributed by atoms with Gasteiger partial charge >= 0.3 is 39.5 Å². The molecule has 0 aliphatic heterocycles. The zero-order valence-electron chi connectivity index (χ0n) is 65.2. The van der Waals surface area contributed by atoms with Crippen LogP contribution in [0.5, 0.6) is 0 Å². The van der Waals surface area contributed by atoms with E-state index >= 15 is 0 Å². The maximum Gasteiger partial charge on any atom is 0.472 e. The second kappa shape index (κ2) is 76.4. The lowest BCUT2D eigenvalue weighted by Gasteiger charge is -2.21. The molecule has 0 saturated heterocycles. The van der Waals surface area contributed by atoms with Gasteiger partial charge in [-0.15, -0.1) is 0 Å². The van der Waals surface area contributed by atoms with Gasteiger partial charge in [0.05, 0.1) is 26.4 Å². The van der Waals surface area contributed by atoms with Gasteiger partial charge in [0.25, 0.3) is 0 Å². The van der Waals surface area contributed by atoms with Gasteiger partial charge in [0.15, 0.2) is 12.2 Å². The van der Waals surface area contributed by atoms with Crippen molar-refractivity contribution in [3.05, 3.63) is 134 Å². The second-order valence-electron chi connectivity index (χ2n) is 26.6. The third-order valence-corrected chi connectivity index (χ3v) is 18.5. The summed E-state index contributed by atoms with van der Waals surface area (Å²) in [4.78, 5) is 73.0. The monoisotopic (exact) mass is 1500 g/mol. The molecule has 5 unspecified atom stereocenters. The van der Waals surface area contributed by atoms with Crippen LogP contribution >= 0.6 is 15.6 Å². The highest BCUT2D eigenvalue weighted by atomic mass is 31.2. The van der Waals surface area contributed by atoms with Crippen LogP contribution in [0.3, 0.4) is 0 Å². The van der Waals surface area contributed by atoms with E-state index in [9.17, 15) is 43.2 Å². The van der Waals surface area contributed by atoms with E-state index in [2.05, 4.69) is 161 Å². The Balaban J connectivity index is 5.42. The van der Waals surface area contributed by atoms with E-state index in [1.54, 1.807) is 0 Å². The van der Waals surface area contributed by atoms with Gasteiger partial charge in [-0.05, 0) is 161 Å². The van der Waals surface area contributed by atoms with Gasteiger partial charge in [-0.2, -0.15) is 0 Å². The number of rotatable bonds is 75. The van der Waals surface area contributed by atoms with Crippen LogP contribution in [0.25, 0.3) is 0 Å². The molecule has 0 heterocycles. The maximum absolute atomic E-state index is 13.1. The predicted octanol–water partition coefficient (Wildman–Crippen LogP) is 23.7. The largest absolute Gasteiger partial charge is 0.472 e. The highest BCUT2D eigenvalue weighted by Gasteiger charge is 2.30. The molecule has 0 bridgehead atoms. The number of phosphoric acid groups is 2. The fraction of sp³-hybridized carbons (Fsp3) is 0.694. The van der Waals surface area contributed by atoms with Crippen molar-refractivity contribution in [1.29, 1.82) is 0 Å². The van der Waals surface area contributed by atoms with E-state index in [1.165, 1.54) is 44.9 Å². The number of unbranched alkanes of at least 4 members (excludes halogenated alkanes) is 27. The molecule has 17 nitrogen and oxygen atoms in total. The predicted molar refractivity (Wildman–Crippen MR) is 427 cm³/mol. The van der Waals surface area contributed by atoms with Crippen LogP contribution in [0.15, 0.2) is 134 Å². The molecule has 0 aliphatic carbocycles. The number of esters is 4. The first kappa shape index (κ1) is 99.2. The Kier molecular flexibility index (Phi) is 72.9. The molecule has 0 aromatic carbocycles. The summed E-state index contributed by atoms with van der Waals surface area (Å²) in [6.45, 7) is 4.59. The number of aliphatic hydroxyl groups is 1. The fourth-order valence-corrected chi connectivity index (χ4v) is 12.0. The molecule has 5 atom stereocenters. The van der Waals surface area contributed by atoms with Crippen LogP contribution in [0, 0.1) is 0 Å². The van der Waals surface area contributed by atoms with Crippen molar-refractivity contribution in [3.63, 3.8) is 0 Å². The standard InChI is InChI=1S/C85H144O17P2/c1-5-9-13-17-21-25-29-33-35-37-39-41-43-47-50-54-58-62-66-70-83(88)96-76-81(102-85(90)72-68-64-60-56-52-48-44-42-40-38-36-34-30-26-22-18-14-10-6-2)78-100-104(93,94)98-74-79(86)73-97-103(91,92)99-77-80(101-84(89)71-67-63-59-55-51-46-32-28-24-20-16-12-8-4)75-95-82(87)69-65-61-57-53-49-45-31-27-23-19-15-11-7-3/h9,13,15,19,21-22,25-28,31-36,39-42,47,50,79-81,86H,5-8,10-12,14,16-18,20,23-24,29-30,37-38,43-46,48-49,51-78H2,1-4H3,(H,91,92)(H,93,94)/b13-9-,19-15-,25-21-,26-22-,31-27-,32-28-,35-33-,36-34-,41-39-,42-40-,50-47-. The average molecular weight is 1500 g/mol. The van der Waals surface area contributed by atoms with E-state index < -0.39 is 97.5 Å². The second-order valence-corrected chi connectivity index (χ2v) is 29.5. The summed E-state index contributed by atoms with van der Waals surface area (Å²) in [7, 11) is -9.98. The molecule has 0 saturated carbocycles. The van der Waals surface area contributed by atoms with Crippen LogP contribution < -0.4 is 0 Å². The third kappa shape index (κ3) is 75.4. The summed E-state index contributed by atoms with van der Waals surface area (Å²) < 4.78 is 68.6. The van der Waals surface area contributed by atoms with E-state index in [-0.39, 0.29) is 25.7 Å². The molecule has 0 amide bonds. The lowest BCUT2D eigenvalue weighted by atomic mass is 10.1. The van der Waals surface area contributed by atoms with Crippen LogP contribution in [-0.2, 0) is 65.4 Å². The normalized spacial score (nSPS) is 14.6. The molecule has 19 heteroatoms. The number of hydrogen-bond donors (Lipinski definition) is 3. The van der Waals surface area contributed by atoms with Gasteiger partial charge in [-0.3, -0.25) is 37.3 Å². The summed E-state index contributed by atoms with van der Waals surface area (Å²) in [5, 5.41) is 10.6. The minimum absolute atomic E-state index is 0.0691. The molecule has 0 aromatic rings. The maximum atomic E-state index is 13.1. The third-order valence-electron chi connectivity index (χ3n) is 16.5. The molecule has 0 radical (unpaired) electrons. The zero-order chi connectivity index (χ0) is 76.0. The summed E-state index contributed by atoms with van der Waals surface area (Å²) in [5.74, 6) is -2.25. The van der Waals surface area contributed by atoms with Crippen molar-refractivity contribution in [1.82, 2.24) is 0 Å². The number of aliphatic hydroxyl groups excluding tert-OH is 1. The lowest BCUT2D eigenvalue weighted by molar-refractivity contribution is -0.161. The summed E-state index contributed by atoms with van der Waals surface area (Å²) in [6.07, 6.45) is 85.7. The van der Waals surface area contributed by atoms with Crippen molar-refractivity contribution in [3.8, 4) is 0 Å². The van der Waals surface area contributed by atoms with Gasteiger partial charge in [0.2, 0.25) is 0 Å². The van der Waals surface area contributed by atoms with Gasteiger partial charge in [-0.1, -0.05) is 271 Å². The van der Waals surface area contributed by atoms with Gasteiger partial charge in [0.1, 0.15) is 19.3 Å².